The van der Waals surface area contributed by atoms with Gasteiger partial charge in [0, 0.05) is 49.2 Å². The predicted molar refractivity (Wildman–Crippen MR) is 65.3 cm³/mol. The number of nitrogens with zero attached hydrogens (tertiary/aromatic N) is 1. The molecule has 2 N–H and O–H groups in total. The van der Waals surface area contributed by atoms with Crippen molar-refractivity contribution in [3.05, 3.63) is 0 Å². The fourth-order valence-corrected chi connectivity index (χ4v) is 3.59. The lowest BCUT2D eigenvalue weighted by Crippen LogP contribution is -2.47. The molecule has 2 aliphatic heterocycles. The van der Waals surface area contributed by atoms with E-state index in [0.29, 0.717) is 0 Å². The van der Waals surface area contributed by atoms with E-state index >= 15 is 0 Å². The standard InChI is InChI=1S/C11H22N2OS/c1-10-6-13(3-5-15-10)8-11(7-12)2-4-14-9-11/h10H,2-9,12H2,1H3. The molecule has 0 aromatic carbocycles. The van der Waals surface area contributed by atoms with E-state index in [1.807, 2.05) is 0 Å². The molecule has 0 aromatic rings. The minimum absolute atomic E-state index is 0.252. The molecule has 2 rings (SSSR count). The van der Waals surface area contributed by atoms with Crippen LogP contribution in [0.25, 0.3) is 0 Å². The van der Waals surface area contributed by atoms with Gasteiger partial charge in [0.1, 0.15) is 0 Å². The molecule has 2 heterocycles. The van der Waals surface area contributed by atoms with Gasteiger partial charge in [0.2, 0.25) is 0 Å². The van der Waals surface area contributed by atoms with Crippen LogP contribution in [0.15, 0.2) is 0 Å². The van der Waals surface area contributed by atoms with Crippen molar-refractivity contribution in [2.45, 2.75) is 18.6 Å². The second-order valence-electron chi connectivity index (χ2n) is 4.92. The van der Waals surface area contributed by atoms with Crippen LogP contribution >= 0.6 is 11.8 Å². The van der Waals surface area contributed by atoms with Gasteiger partial charge in [-0.2, -0.15) is 11.8 Å². The van der Waals surface area contributed by atoms with Crippen LogP contribution in [-0.2, 0) is 4.74 Å². The Hall–Kier alpha value is 0.230. The van der Waals surface area contributed by atoms with Crippen LogP contribution in [0.1, 0.15) is 13.3 Å². The van der Waals surface area contributed by atoms with Gasteiger partial charge >= 0.3 is 0 Å². The maximum absolute atomic E-state index is 5.91. The first-order valence-electron chi connectivity index (χ1n) is 5.86. The van der Waals surface area contributed by atoms with Crippen LogP contribution in [0.2, 0.25) is 0 Å². The molecule has 2 aliphatic rings. The summed E-state index contributed by atoms with van der Waals surface area (Å²) in [5.41, 5.74) is 6.16. The SMILES string of the molecule is CC1CN(CC2(CN)CCOC2)CCS1. The lowest BCUT2D eigenvalue weighted by molar-refractivity contribution is 0.116. The van der Waals surface area contributed by atoms with Crippen molar-refractivity contribution in [1.29, 1.82) is 0 Å². The average molecular weight is 230 g/mol. The molecule has 2 atom stereocenters. The Bertz CT molecular complexity index is 207. The summed E-state index contributed by atoms with van der Waals surface area (Å²) in [5, 5.41) is 0.774. The first-order chi connectivity index (χ1) is 7.24. The molecule has 0 aliphatic carbocycles. The first-order valence-corrected chi connectivity index (χ1v) is 6.91. The van der Waals surface area contributed by atoms with Crippen LogP contribution in [0.4, 0.5) is 0 Å². The molecule has 2 saturated heterocycles. The topological polar surface area (TPSA) is 38.5 Å². The zero-order valence-corrected chi connectivity index (χ0v) is 10.4. The maximum Gasteiger partial charge on any atom is 0.0547 e. The van der Waals surface area contributed by atoms with E-state index in [2.05, 4.69) is 23.6 Å². The van der Waals surface area contributed by atoms with Gasteiger partial charge in [-0.1, -0.05) is 6.92 Å². The molecular formula is C11H22N2OS. The van der Waals surface area contributed by atoms with Crippen molar-refractivity contribution < 1.29 is 4.74 Å². The third-order valence-corrected chi connectivity index (χ3v) is 4.64. The summed E-state index contributed by atoms with van der Waals surface area (Å²) in [4.78, 5) is 2.57. The molecular weight excluding hydrogens is 208 g/mol. The van der Waals surface area contributed by atoms with Gasteiger partial charge in [-0.05, 0) is 6.42 Å². The van der Waals surface area contributed by atoms with E-state index in [9.17, 15) is 0 Å². The largest absolute Gasteiger partial charge is 0.381 e. The minimum Gasteiger partial charge on any atom is -0.381 e. The highest BCUT2D eigenvalue weighted by Gasteiger charge is 2.36. The molecule has 2 unspecified atom stereocenters. The van der Waals surface area contributed by atoms with Crippen molar-refractivity contribution in [3.63, 3.8) is 0 Å². The van der Waals surface area contributed by atoms with E-state index in [4.69, 9.17) is 10.5 Å². The predicted octanol–water partition coefficient (Wildman–Crippen LogP) is 0.789. The quantitative estimate of drug-likeness (QED) is 0.778. The van der Waals surface area contributed by atoms with E-state index in [-0.39, 0.29) is 5.41 Å². The molecule has 0 bridgehead atoms. The van der Waals surface area contributed by atoms with E-state index in [1.54, 1.807) is 0 Å². The van der Waals surface area contributed by atoms with Crippen molar-refractivity contribution in [2.75, 3.05) is 45.1 Å². The summed E-state index contributed by atoms with van der Waals surface area (Å²) in [5.74, 6) is 1.27. The van der Waals surface area contributed by atoms with E-state index < -0.39 is 0 Å². The van der Waals surface area contributed by atoms with E-state index in [0.717, 1.165) is 38.0 Å². The van der Waals surface area contributed by atoms with Crippen molar-refractivity contribution >= 4 is 11.8 Å². The van der Waals surface area contributed by atoms with E-state index in [1.165, 1.54) is 18.8 Å². The Balaban J connectivity index is 1.88. The number of rotatable bonds is 3. The summed E-state index contributed by atoms with van der Waals surface area (Å²) in [6.45, 7) is 8.41. The fourth-order valence-electron chi connectivity index (χ4n) is 2.51. The molecule has 0 spiro atoms. The highest BCUT2D eigenvalue weighted by molar-refractivity contribution is 7.99. The number of ether oxygens (including phenoxy) is 1. The molecule has 2 fully saturated rings. The Morgan fingerprint density at radius 2 is 2.47 bits per heavy atom. The summed E-state index contributed by atoms with van der Waals surface area (Å²) in [6.07, 6.45) is 1.14. The molecule has 15 heavy (non-hydrogen) atoms. The van der Waals surface area contributed by atoms with Crippen LogP contribution in [0, 0.1) is 5.41 Å². The normalized spacial score (nSPS) is 38.4. The molecule has 0 aromatic heterocycles. The molecule has 0 amide bonds. The number of hydrogen-bond acceptors (Lipinski definition) is 4. The molecule has 88 valence electrons. The summed E-state index contributed by atoms with van der Waals surface area (Å²) in [7, 11) is 0. The van der Waals surface area contributed by atoms with Gasteiger partial charge in [-0.15, -0.1) is 0 Å². The van der Waals surface area contributed by atoms with Crippen molar-refractivity contribution in [3.8, 4) is 0 Å². The summed E-state index contributed by atoms with van der Waals surface area (Å²) < 4.78 is 5.51. The average Bonchev–Trinajstić information content (AvgIpc) is 2.67. The third kappa shape index (κ3) is 2.87. The smallest absolute Gasteiger partial charge is 0.0547 e. The highest BCUT2D eigenvalue weighted by Crippen LogP contribution is 2.30. The van der Waals surface area contributed by atoms with Crippen LogP contribution in [0.5, 0.6) is 0 Å². The number of hydrogen-bond donors (Lipinski definition) is 1. The monoisotopic (exact) mass is 230 g/mol. The molecule has 0 radical (unpaired) electrons. The van der Waals surface area contributed by atoms with Crippen LogP contribution in [0.3, 0.4) is 0 Å². The van der Waals surface area contributed by atoms with Gasteiger partial charge in [-0.25, -0.2) is 0 Å². The van der Waals surface area contributed by atoms with Crippen molar-refractivity contribution in [2.24, 2.45) is 11.1 Å². The Kier molecular flexibility index (Phi) is 3.93. The van der Waals surface area contributed by atoms with Gasteiger partial charge in [0.15, 0.2) is 0 Å². The lowest BCUT2D eigenvalue weighted by atomic mass is 9.87. The summed E-state index contributed by atoms with van der Waals surface area (Å²) in [6, 6.07) is 0. The van der Waals surface area contributed by atoms with Crippen LogP contribution in [-0.4, -0.2) is 55.3 Å². The third-order valence-electron chi connectivity index (χ3n) is 3.50. The Morgan fingerprint density at radius 1 is 1.60 bits per heavy atom. The van der Waals surface area contributed by atoms with Gasteiger partial charge in [-0.3, -0.25) is 0 Å². The fraction of sp³-hybridized carbons (Fsp3) is 1.00. The second kappa shape index (κ2) is 5.04. The van der Waals surface area contributed by atoms with Crippen molar-refractivity contribution in [1.82, 2.24) is 4.90 Å². The zero-order valence-electron chi connectivity index (χ0n) is 9.58. The zero-order chi connectivity index (χ0) is 10.7. The van der Waals surface area contributed by atoms with Gasteiger partial charge < -0.3 is 15.4 Å². The maximum atomic E-state index is 5.91. The molecule has 3 nitrogen and oxygen atoms in total. The number of thioether (sulfide) groups is 1. The van der Waals surface area contributed by atoms with Crippen LogP contribution < -0.4 is 5.73 Å². The Labute approximate surface area is 96.7 Å². The summed E-state index contributed by atoms with van der Waals surface area (Å²) >= 11 is 2.08. The number of nitrogens with two attached hydrogens (primary N) is 1. The second-order valence-corrected chi connectivity index (χ2v) is 6.47. The molecule has 4 heteroatoms. The first kappa shape index (κ1) is 11.7. The van der Waals surface area contributed by atoms with Gasteiger partial charge in [0.25, 0.3) is 0 Å². The van der Waals surface area contributed by atoms with Gasteiger partial charge in [0.05, 0.1) is 6.61 Å². The lowest BCUT2D eigenvalue weighted by Gasteiger charge is -2.37. The molecule has 0 saturated carbocycles. The minimum atomic E-state index is 0.252. The Morgan fingerprint density at radius 3 is 3.07 bits per heavy atom. The highest BCUT2D eigenvalue weighted by atomic mass is 32.2.